The molecule has 0 heterocycles. The monoisotopic (exact) mass is 249 g/mol. The molecule has 98 valence electrons. The summed E-state index contributed by atoms with van der Waals surface area (Å²) < 4.78 is 4.84. The Balaban J connectivity index is 2.48. The lowest BCUT2D eigenvalue weighted by Gasteiger charge is -2.12. The molecule has 0 aromatic heterocycles. The van der Waals surface area contributed by atoms with Crippen LogP contribution in [0.2, 0.25) is 0 Å². The first kappa shape index (κ1) is 14.3. The average molecular weight is 249 g/mol. The van der Waals surface area contributed by atoms with Crippen LogP contribution >= 0.6 is 0 Å². The van der Waals surface area contributed by atoms with Gasteiger partial charge in [0.25, 0.3) is 0 Å². The molecule has 0 aliphatic heterocycles. The number of hydrogen-bond donors (Lipinski definition) is 3. The number of methoxy groups -OCH3 is 1. The molecule has 18 heavy (non-hydrogen) atoms. The van der Waals surface area contributed by atoms with Crippen molar-refractivity contribution in [2.24, 2.45) is 0 Å². The Morgan fingerprint density at radius 1 is 1.56 bits per heavy atom. The Hall–Kier alpha value is -1.77. The number of nitriles is 1. The molecule has 1 atom stereocenters. The molecule has 5 nitrogen and oxygen atoms in total. The van der Waals surface area contributed by atoms with Crippen molar-refractivity contribution < 1.29 is 9.84 Å². The Bertz CT molecular complexity index is 415. The predicted molar refractivity (Wildman–Crippen MR) is 71.2 cm³/mol. The topological polar surface area (TPSA) is 91.3 Å². The summed E-state index contributed by atoms with van der Waals surface area (Å²) in [7, 11) is 1.56. The summed E-state index contributed by atoms with van der Waals surface area (Å²) in [4.78, 5) is 0. The molecule has 1 unspecified atom stereocenters. The van der Waals surface area contributed by atoms with E-state index in [0.29, 0.717) is 31.7 Å². The Morgan fingerprint density at radius 3 is 3.00 bits per heavy atom. The van der Waals surface area contributed by atoms with Crippen LogP contribution < -0.4 is 11.1 Å². The standard InChI is InChI=1S/C13H19N3O2/c1-18-9-12(17)5-7-16-11-2-3-13(15)10(8-11)4-6-14/h2-3,8,12,16-17H,4-5,7,9,15H2,1H3. The maximum absolute atomic E-state index is 9.48. The minimum absolute atomic E-state index is 0.299. The van der Waals surface area contributed by atoms with Gasteiger partial charge in [-0.2, -0.15) is 5.26 Å². The van der Waals surface area contributed by atoms with Crippen molar-refractivity contribution in [3.05, 3.63) is 23.8 Å². The molecular weight excluding hydrogens is 230 g/mol. The summed E-state index contributed by atoms with van der Waals surface area (Å²) in [5, 5.41) is 21.3. The summed E-state index contributed by atoms with van der Waals surface area (Å²) >= 11 is 0. The van der Waals surface area contributed by atoms with Crippen molar-refractivity contribution in [3.8, 4) is 6.07 Å². The van der Waals surface area contributed by atoms with Gasteiger partial charge in [0.1, 0.15) is 0 Å². The minimum Gasteiger partial charge on any atom is -0.398 e. The molecule has 0 aliphatic carbocycles. The van der Waals surface area contributed by atoms with Gasteiger partial charge in [0, 0.05) is 25.0 Å². The first-order valence-electron chi connectivity index (χ1n) is 5.83. The SMILES string of the molecule is COCC(O)CCNc1ccc(N)c(CC#N)c1. The summed E-state index contributed by atoms with van der Waals surface area (Å²) in [6.45, 7) is 0.976. The third-order valence-corrected chi connectivity index (χ3v) is 2.58. The molecule has 1 aromatic carbocycles. The molecule has 0 aliphatic rings. The van der Waals surface area contributed by atoms with Crippen LogP contribution in [0.4, 0.5) is 11.4 Å². The van der Waals surface area contributed by atoms with E-state index in [1.165, 1.54) is 0 Å². The first-order chi connectivity index (χ1) is 8.67. The number of hydrogen-bond acceptors (Lipinski definition) is 5. The van der Waals surface area contributed by atoms with Gasteiger partial charge in [0.2, 0.25) is 0 Å². The molecule has 0 saturated heterocycles. The van der Waals surface area contributed by atoms with Gasteiger partial charge < -0.3 is 20.9 Å². The van der Waals surface area contributed by atoms with Gasteiger partial charge in [-0.15, -0.1) is 0 Å². The molecule has 0 amide bonds. The largest absolute Gasteiger partial charge is 0.398 e. The van der Waals surface area contributed by atoms with E-state index in [1.54, 1.807) is 13.2 Å². The lowest BCUT2D eigenvalue weighted by atomic mass is 10.1. The highest BCUT2D eigenvalue weighted by Gasteiger charge is 2.04. The van der Waals surface area contributed by atoms with Crippen LogP contribution in [0.5, 0.6) is 0 Å². The van der Waals surface area contributed by atoms with E-state index in [1.807, 2.05) is 12.1 Å². The number of aliphatic hydroxyl groups is 1. The zero-order valence-electron chi connectivity index (χ0n) is 10.5. The van der Waals surface area contributed by atoms with Crippen LogP contribution in [0.3, 0.4) is 0 Å². The number of anilines is 2. The maximum atomic E-state index is 9.48. The smallest absolute Gasteiger partial charge is 0.0790 e. The third-order valence-electron chi connectivity index (χ3n) is 2.58. The van der Waals surface area contributed by atoms with E-state index in [9.17, 15) is 5.11 Å². The van der Waals surface area contributed by atoms with Crippen LogP contribution in [-0.2, 0) is 11.2 Å². The number of aliphatic hydroxyl groups excluding tert-OH is 1. The van der Waals surface area contributed by atoms with Crippen molar-refractivity contribution in [1.82, 2.24) is 0 Å². The number of rotatable bonds is 7. The van der Waals surface area contributed by atoms with Crippen molar-refractivity contribution in [3.63, 3.8) is 0 Å². The van der Waals surface area contributed by atoms with Crippen molar-refractivity contribution in [2.45, 2.75) is 18.9 Å². The van der Waals surface area contributed by atoms with Gasteiger partial charge >= 0.3 is 0 Å². The van der Waals surface area contributed by atoms with E-state index < -0.39 is 6.10 Å². The van der Waals surface area contributed by atoms with Gasteiger partial charge in [-0.1, -0.05) is 0 Å². The van der Waals surface area contributed by atoms with E-state index in [4.69, 9.17) is 15.7 Å². The normalized spacial score (nSPS) is 11.8. The van der Waals surface area contributed by atoms with E-state index in [-0.39, 0.29) is 0 Å². The van der Waals surface area contributed by atoms with Crippen LogP contribution in [0.1, 0.15) is 12.0 Å². The fourth-order valence-corrected chi connectivity index (χ4v) is 1.61. The number of benzene rings is 1. The highest BCUT2D eigenvalue weighted by atomic mass is 16.5. The third kappa shape index (κ3) is 4.62. The van der Waals surface area contributed by atoms with Crippen LogP contribution in [-0.4, -0.2) is 31.5 Å². The number of nitrogen functional groups attached to an aromatic ring is 1. The summed E-state index contributed by atoms with van der Waals surface area (Å²) in [5.41, 5.74) is 8.10. The molecule has 1 aromatic rings. The van der Waals surface area contributed by atoms with Gasteiger partial charge in [0.15, 0.2) is 0 Å². The highest BCUT2D eigenvalue weighted by molar-refractivity contribution is 5.57. The Kier molecular flexibility index (Phi) is 5.98. The summed E-state index contributed by atoms with van der Waals surface area (Å²) in [6, 6.07) is 7.58. The summed E-state index contributed by atoms with van der Waals surface area (Å²) in [5.74, 6) is 0. The van der Waals surface area contributed by atoms with E-state index in [0.717, 1.165) is 11.3 Å². The van der Waals surface area contributed by atoms with Crippen LogP contribution in [0.15, 0.2) is 18.2 Å². The molecule has 0 spiro atoms. The van der Waals surface area contributed by atoms with E-state index >= 15 is 0 Å². The fourth-order valence-electron chi connectivity index (χ4n) is 1.61. The number of nitrogens with two attached hydrogens (primary N) is 1. The molecule has 0 fully saturated rings. The molecular formula is C13H19N3O2. The quantitative estimate of drug-likeness (QED) is 0.630. The zero-order chi connectivity index (χ0) is 13.4. The second-order valence-electron chi connectivity index (χ2n) is 4.07. The predicted octanol–water partition coefficient (Wildman–Crippen LogP) is 1.14. The Labute approximate surface area is 107 Å². The van der Waals surface area contributed by atoms with Crippen molar-refractivity contribution >= 4 is 11.4 Å². The molecule has 0 bridgehead atoms. The van der Waals surface area contributed by atoms with Crippen LogP contribution in [0, 0.1) is 11.3 Å². The van der Waals surface area contributed by atoms with Crippen LogP contribution in [0.25, 0.3) is 0 Å². The van der Waals surface area contributed by atoms with E-state index in [2.05, 4.69) is 11.4 Å². The lowest BCUT2D eigenvalue weighted by Crippen LogP contribution is -2.18. The highest BCUT2D eigenvalue weighted by Crippen LogP contribution is 2.18. The second kappa shape index (κ2) is 7.54. The molecule has 0 radical (unpaired) electrons. The van der Waals surface area contributed by atoms with Crippen molar-refractivity contribution in [2.75, 3.05) is 31.3 Å². The Morgan fingerprint density at radius 2 is 2.33 bits per heavy atom. The van der Waals surface area contributed by atoms with Gasteiger partial charge in [-0.3, -0.25) is 0 Å². The zero-order valence-corrected chi connectivity index (χ0v) is 10.5. The van der Waals surface area contributed by atoms with Gasteiger partial charge in [-0.05, 0) is 30.2 Å². The average Bonchev–Trinajstić information content (AvgIpc) is 2.34. The molecule has 1 rings (SSSR count). The number of nitrogens with one attached hydrogen (secondary N) is 1. The van der Waals surface area contributed by atoms with Gasteiger partial charge in [-0.25, -0.2) is 0 Å². The second-order valence-corrected chi connectivity index (χ2v) is 4.07. The lowest BCUT2D eigenvalue weighted by molar-refractivity contribution is 0.0615. The fraction of sp³-hybridized carbons (Fsp3) is 0.462. The summed E-state index contributed by atoms with van der Waals surface area (Å²) in [6.07, 6.45) is 0.439. The maximum Gasteiger partial charge on any atom is 0.0790 e. The number of ether oxygens (including phenoxy) is 1. The van der Waals surface area contributed by atoms with Gasteiger partial charge in [0.05, 0.1) is 25.2 Å². The minimum atomic E-state index is -0.463. The first-order valence-corrected chi connectivity index (χ1v) is 5.83. The molecule has 4 N–H and O–H groups in total. The molecule has 0 saturated carbocycles. The molecule has 5 heteroatoms. The van der Waals surface area contributed by atoms with Crippen molar-refractivity contribution in [1.29, 1.82) is 5.26 Å². The number of nitrogens with zero attached hydrogens (tertiary/aromatic N) is 1.